The number of ether oxygens (including phenoxy) is 1. The van der Waals surface area contributed by atoms with Gasteiger partial charge in [0.15, 0.2) is 0 Å². The summed E-state index contributed by atoms with van der Waals surface area (Å²) in [5, 5.41) is 5.55. The second kappa shape index (κ2) is 5.79. The molecule has 1 rings (SSSR count). The van der Waals surface area contributed by atoms with E-state index >= 15 is 0 Å². The fourth-order valence-corrected chi connectivity index (χ4v) is 1.66. The lowest BCUT2D eigenvalue weighted by atomic mass is 9.94. The second-order valence-corrected chi connectivity index (χ2v) is 6.20. The number of carbonyl (C=O) groups is 1. The number of carbonyl (C=O) groups excluding carboxylic acids is 1. The van der Waals surface area contributed by atoms with Crippen LogP contribution >= 0.6 is 0 Å². The van der Waals surface area contributed by atoms with Gasteiger partial charge in [-0.05, 0) is 53.8 Å². The number of nitrogens with one attached hydrogen (secondary N) is 2. The van der Waals surface area contributed by atoms with Crippen molar-refractivity contribution in [2.75, 3.05) is 12.4 Å². The van der Waals surface area contributed by atoms with E-state index in [4.69, 9.17) is 4.74 Å². The number of rotatable bonds is 3. The molecule has 112 valence electrons. The first-order valence-corrected chi connectivity index (χ1v) is 6.54. The van der Waals surface area contributed by atoms with Gasteiger partial charge in [-0.2, -0.15) is 0 Å². The van der Waals surface area contributed by atoms with Gasteiger partial charge < -0.3 is 10.1 Å². The minimum Gasteiger partial charge on any atom is -0.444 e. The van der Waals surface area contributed by atoms with Crippen molar-refractivity contribution in [3.8, 4) is 0 Å². The number of anilines is 1. The van der Waals surface area contributed by atoms with E-state index in [2.05, 4.69) is 10.6 Å². The predicted molar refractivity (Wildman–Crippen MR) is 78.3 cm³/mol. The van der Waals surface area contributed by atoms with Crippen LogP contribution in [0.3, 0.4) is 0 Å². The normalized spacial score (nSPS) is 12.2. The van der Waals surface area contributed by atoms with Crippen LogP contribution in [-0.2, 0) is 10.3 Å². The fraction of sp³-hybridized carbons (Fsp3) is 0.533. The molecule has 0 spiro atoms. The molecule has 20 heavy (non-hydrogen) atoms. The summed E-state index contributed by atoms with van der Waals surface area (Å²) in [7, 11) is 1.77. The Hall–Kier alpha value is -1.62. The first-order valence-electron chi connectivity index (χ1n) is 6.54. The molecule has 1 aromatic carbocycles. The molecule has 5 heteroatoms. The summed E-state index contributed by atoms with van der Waals surface area (Å²) >= 11 is 0. The predicted octanol–water partition coefficient (Wildman–Crippen LogP) is 3.63. The molecule has 0 saturated heterocycles. The Kier molecular flexibility index (Phi) is 4.76. The number of benzene rings is 1. The largest absolute Gasteiger partial charge is 0.444 e. The van der Waals surface area contributed by atoms with Gasteiger partial charge in [-0.15, -0.1) is 0 Å². The van der Waals surface area contributed by atoms with Crippen molar-refractivity contribution < 1.29 is 13.9 Å². The Morgan fingerprint density at radius 2 is 1.80 bits per heavy atom. The van der Waals surface area contributed by atoms with Gasteiger partial charge in [0.1, 0.15) is 11.4 Å². The number of hydrogen-bond donors (Lipinski definition) is 2. The second-order valence-electron chi connectivity index (χ2n) is 6.20. The highest BCUT2D eigenvalue weighted by molar-refractivity contribution is 5.84. The molecule has 0 unspecified atom stereocenters. The zero-order valence-corrected chi connectivity index (χ0v) is 12.9. The average Bonchev–Trinajstić information content (AvgIpc) is 2.25. The van der Waals surface area contributed by atoms with E-state index in [1.165, 1.54) is 6.07 Å². The zero-order chi connectivity index (χ0) is 15.6. The first kappa shape index (κ1) is 16.4. The molecule has 0 aliphatic carbocycles. The molecular weight excluding hydrogens is 259 g/mol. The van der Waals surface area contributed by atoms with Gasteiger partial charge in [0.2, 0.25) is 0 Å². The van der Waals surface area contributed by atoms with E-state index in [1.54, 1.807) is 40.0 Å². The lowest BCUT2D eigenvalue weighted by Crippen LogP contribution is -2.34. The summed E-state index contributed by atoms with van der Waals surface area (Å²) in [5.74, 6) is -0.377. The van der Waals surface area contributed by atoms with Gasteiger partial charge in [-0.25, -0.2) is 9.18 Å². The molecule has 0 bridgehead atoms. The van der Waals surface area contributed by atoms with Crippen LogP contribution in [0.2, 0.25) is 0 Å². The highest BCUT2D eigenvalue weighted by Gasteiger charge is 2.22. The topological polar surface area (TPSA) is 50.4 Å². The van der Waals surface area contributed by atoms with Crippen molar-refractivity contribution in [1.82, 2.24) is 5.32 Å². The Labute approximate surface area is 119 Å². The van der Waals surface area contributed by atoms with Crippen molar-refractivity contribution in [3.63, 3.8) is 0 Å². The molecule has 1 aromatic rings. The smallest absolute Gasteiger partial charge is 0.412 e. The molecule has 0 fully saturated rings. The maximum absolute atomic E-state index is 14.1. The van der Waals surface area contributed by atoms with Gasteiger partial charge >= 0.3 is 6.09 Å². The first-order chi connectivity index (χ1) is 9.05. The van der Waals surface area contributed by atoms with Crippen LogP contribution in [0.15, 0.2) is 18.2 Å². The van der Waals surface area contributed by atoms with Gasteiger partial charge in [-0.1, -0.05) is 6.07 Å². The van der Waals surface area contributed by atoms with Gasteiger partial charge in [0, 0.05) is 16.8 Å². The third-order valence-corrected chi connectivity index (χ3v) is 2.91. The van der Waals surface area contributed by atoms with E-state index in [0.29, 0.717) is 11.3 Å². The van der Waals surface area contributed by atoms with Crippen LogP contribution in [0.25, 0.3) is 0 Å². The van der Waals surface area contributed by atoms with Gasteiger partial charge in [0.05, 0.1) is 0 Å². The van der Waals surface area contributed by atoms with Crippen LogP contribution in [0.5, 0.6) is 0 Å². The molecule has 0 radical (unpaired) electrons. The lowest BCUT2D eigenvalue weighted by Gasteiger charge is -2.25. The monoisotopic (exact) mass is 282 g/mol. The highest BCUT2D eigenvalue weighted by Crippen LogP contribution is 2.25. The van der Waals surface area contributed by atoms with Crippen molar-refractivity contribution in [1.29, 1.82) is 0 Å². The summed E-state index contributed by atoms with van der Waals surface area (Å²) in [4.78, 5) is 11.6. The highest BCUT2D eigenvalue weighted by atomic mass is 19.1. The van der Waals surface area contributed by atoms with E-state index in [-0.39, 0.29) is 5.82 Å². The summed E-state index contributed by atoms with van der Waals surface area (Å²) in [6, 6.07) is 4.60. The van der Waals surface area contributed by atoms with Crippen LogP contribution in [-0.4, -0.2) is 18.7 Å². The lowest BCUT2D eigenvalue weighted by molar-refractivity contribution is 0.0636. The van der Waals surface area contributed by atoms with E-state index < -0.39 is 17.2 Å². The van der Waals surface area contributed by atoms with E-state index in [9.17, 15) is 9.18 Å². The number of hydrogen-bond acceptors (Lipinski definition) is 3. The SMILES string of the molecule is CNC(C)(C)c1ccc(NC(=O)OC(C)(C)C)cc1F. The minimum absolute atomic E-state index is 0.368. The minimum atomic E-state index is -0.600. The number of amides is 1. The van der Waals surface area contributed by atoms with Crippen LogP contribution in [0.1, 0.15) is 40.2 Å². The molecule has 0 heterocycles. The molecule has 0 saturated carbocycles. The van der Waals surface area contributed by atoms with Crippen molar-refractivity contribution in [2.24, 2.45) is 0 Å². The number of halogens is 1. The molecule has 4 nitrogen and oxygen atoms in total. The summed E-state index contributed by atoms with van der Waals surface area (Å²) in [6.07, 6.45) is -0.600. The standard InChI is InChI=1S/C15H23FN2O2/c1-14(2,3)20-13(19)18-10-7-8-11(12(16)9-10)15(4,5)17-6/h7-9,17H,1-6H3,(H,18,19). The molecule has 0 atom stereocenters. The summed E-state index contributed by atoms with van der Waals surface area (Å²) in [6.45, 7) is 9.07. The van der Waals surface area contributed by atoms with Crippen LogP contribution in [0, 0.1) is 5.82 Å². The maximum atomic E-state index is 14.1. The molecule has 0 aliphatic rings. The Morgan fingerprint density at radius 3 is 2.25 bits per heavy atom. The van der Waals surface area contributed by atoms with Gasteiger partial charge in [-0.3, -0.25) is 5.32 Å². The van der Waals surface area contributed by atoms with Crippen molar-refractivity contribution >= 4 is 11.8 Å². The third-order valence-electron chi connectivity index (χ3n) is 2.91. The fourth-order valence-electron chi connectivity index (χ4n) is 1.66. The molecule has 0 aliphatic heterocycles. The molecular formula is C15H23FN2O2. The summed E-state index contributed by atoms with van der Waals surface area (Å²) < 4.78 is 19.2. The van der Waals surface area contributed by atoms with Crippen molar-refractivity contribution in [2.45, 2.75) is 45.8 Å². The van der Waals surface area contributed by atoms with E-state index in [0.717, 1.165) is 0 Å². The molecule has 2 N–H and O–H groups in total. The van der Waals surface area contributed by atoms with Crippen molar-refractivity contribution in [3.05, 3.63) is 29.6 Å². The Morgan fingerprint density at radius 1 is 1.20 bits per heavy atom. The maximum Gasteiger partial charge on any atom is 0.412 e. The molecule has 1 amide bonds. The summed E-state index contributed by atoms with van der Waals surface area (Å²) in [5.41, 5.74) is -0.160. The molecule has 0 aromatic heterocycles. The zero-order valence-electron chi connectivity index (χ0n) is 12.9. The van der Waals surface area contributed by atoms with E-state index in [1.807, 2.05) is 13.8 Å². The Balaban J connectivity index is 2.86. The van der Waals surface area contributed by atoms with Gasteiger partial charge in [0.25, 0.3) is 0 Å². The van der Waals surface area contributed by atoms with Crippen LogP contribution < -0.4 is 10.6 Å². The average molecular weight is 282 g/mol. The van der Waals surface area contributed by atoms with Crippen LogP contribution in [0.4, 0.5) is 14.9 Å². The quantitative estimate of drug-likeness (QED) is 0.890. The third kappa shape index (κ3) is 4.49. The Bertz CT molecular complexity index is 493.